The maximum absolute atomic E-state index is 12.9. The first-order valence-electron chi connectivity index (χ1n) is 9.87. The molecule has 0 spiro atoms. The minimum absolute atomic E-state index is 0.0925. The zero-order valence-electron chi connectivity index (χ0n) is 16.5. The fraction of sp³-hybridized carbons (Fsp3) is 0.429. The molecular formula is C21H23ClN4O2S. The number of benzene rings is 1. The number of halogens is 1. The summed E-state index contributed by atoms with van der Waals surface area (Å²) in [5.41, 5.74) is 1.58. The molecule has 3 heterocycles. The first-order valence-corrected chi connectivity index (χ1v) is 11.1. The molecule has 0 bridgehead atoms. The summed E-state index contributed by atoms with van der Waals surface area (Å²) in [4.78, 5) is 32.4. The normalized spacial score (nSPS) is 16.8. The molecule has 1 aromatic carbocycles. The van der Waals surface area contributed by atoms with E-state index in [1.54, 1.807) is 6.07 Å². The Morgan fingerprint density at radius 3 is 2.90 bits per heavy atom. The van der Waals surface area contributed by atoms with Crippen molar-refractivity contribution >= 4 is 33.8 Å². The van der Waals surface area contributed by atoms with Gasteiger partial charge >= 0.3 is 0 Å². The number of amides is 1. The van der Waals surface area contributed by atoms with Crippen LogP contribution in [0.2, 0.25) is 5.02 Å². The molecule has 4 rings (SSSR count). The van der Waals surface area contributed by atoms with E-state index in [2.05, 4.69) is 10.1 Å². The van der Waals surface area contributed by atoms with E-state index < -0.39 is 0 Å². The van der Waals surface area contributed by atoms with Crippen LogP contribution in [0.25, 0.3) is 4.96 Å². The van der Waals surface area contributed by atoms with E-state index in [4.69, 9.17) is 11.6 Å². The number of nitrogens with zero attached hydrogens (tertiary/aromatic N) is 4. The molecule has 0 aliphatic carbocycles. The third kappa shape index (κ3) is 4.07. The van der Waals surface area contributed by atoms with Crippen LogP contribution in [0.1, 0.15) is 61.3 Å². The van der Waals surface area contributed by atoms with Crippen molar-refractivity contribution < 1.29 is 4.79 Å². The number of likely N-dealkylation sites (tertiary alicyclic amines) is 1. The van der Waals surface area contributed by atoms with Crippen LogP contribution >= 0.6 is 22.9 Å². The molecule has 1 amide bonds. The molecule has 8 heteroatoms. The molecule has 1 atom stereocenters. The summed E-state index contributed by atoms with van der Waals surface area (Å²) in [6.45, 7) is 4.73. The Hall–Kier alpha value is -2.25. The van der Waals surface area contributed by atoms with E-state index in [1.165, 1.54) is 15.9 Å². The monoisotopic (exact) mass is 430 g/mol. The minimum atomic E-state index is -0.171. The molecule has 0 unspecified atom stereocenters. The quantitative estimate of drug-likeness (QED) is 0.607. The molecule has 29 heavy (non-hydrogen) atoms. The van der Waals surface area contributed by atoms with Crippen LogP contribution in [0, 0.1) is 0 Å². The van der Waals surface area contributed by atoms with Crippen LogP contribution < -0.4 is 5.56 Å². The van der Waals surface area contributed by atoms with Gasteiger partial charge in [0, 0.05) is 24.1 Å². The SMILES string of the molecule is CC(C)c1cc(=O)n2nc([C@H]3CCCN3C(=O)CCc3ccccc3Cl)sc2n1. The van der Waals surface area contributed by atoms with Crippen molar-refractivity contribution in [2.24, 2.45) is 0 Å². The van der Waals surface area contributed by atoms with E-state index in [1.807, 2.05) is 43.0 Å². The lowest BCUT2D eigenvalue weighted by Crippen LogP contribution is -2.31. The summed E-state index contributed by atoms with van der Waals surface area (Å²) in [7, 11) is 0. The molecule has 1 fully saturated rings. The van der Waals surface area contributed by atoms with E-state index in [-0.39, 0.29) is 23.4 Å². The Morgan fingerprint density at radius 2 is 2.14 bits per heavy atom. The summed E-state index contributed by atoms with van der Waals surface area (Å²) >= 11 is 7.62. The second-order valence-corrected chi connectivity index (χ2v) is 9.04. The number of hydrogen-bond donors (Lipinski definition) is 0. The molecule has 0 N–H and O–H groups in total. The molecule has 0 radical (unpaired) electrons. The Balaban J connectivity index is 1.55. The number of fused-ring (bicyclic) bond motifs is 1. The van der Waals surface area contributed by atoms with Crippen molar-refractivity contribution in [2.45, 2.75) is 51.5 Å². The van der Waals surface area contributed by atoms with Crippen LogP contribution in [0.5, 0.6) is 0 Å². The molecule has 3 aromatic rings. The van der Waals surface area contributed by atoms with Crippen molar-refractivity contribution in [3.63, 3.8) is 0 Å². The molecular weight excluding hydrogens is 408 g/mol. The maximum atomic E-state index is 12.9. The van der Waals surface area contributed by atoms with Gasteiger partial charge in [0.2, 0.25) is 10.9 Å². The van der Waals surface area contributed by atoms with Gasteiger partial charge in [-0.05, 0) is 36.8 Å². The van der Waals surface area contributed by atoms with Gasteiger partial charge < -0.3 is 4.90 Å². The summed E-state index contributed by atoms with van der Waals surface area (Å²) in [6.07, 6.45) is 2.79. The first-order chi connectivity index (χ1) is 13.9. The minimum Gasteiger partial charge on any atom is -0.333 e. The van der Waals surface area contributed by atoms with Gasteiger partial charge in [0.25, 0.3) is 5.56 Å². The van der Waals surface area contributed by atoms with Gasteiger partial charge in [-0.1, -0.05) is 55.0 Å². The molecule has 1 aliphatic rings. The number of hydrogen-bond acceptors (Lipinski definition) is 5. The first kappa shape index (κ1) is 20.0. The topological polar surface area (TPSA) is 67.6 Å². The average Bonchev–Trinajstić information content (AvgIpc) is 3.34. The zero-order valence-corrected chi connectivity index (χ0v) is 18.0. The van der Waals surface area contributed by atoms with Gasteiger partial charge in [0.15, 0.2) is 0 Å². The van der Waals surface area contributed by atoms with Crippen molar-refractivity contribution in [3.8, 4) is 0 Å². The van der Waals surface area contributed by atoms with Crippen molar-refractivity contribution in [1.82, 2.24) is 19.5 Å². The fourth-order valence-corrected chi connectivity index (χ4v) is 4.97. The Morgan fingerprint density at radius 1 is 1.34 bits per heavy atom. The van der Waals surface area contributed by atoms with Gasteiger partial charge in [-0.25, -0.2) is 4.98 Å². The fourth-order valence-electron chi connectivity index (χ4n) is 3.68. The van der Waals surface area contributed by atoms with Gasteiger partial charge in [-0.15, -0.1) is 0 Å². The molecule has 1 aliphatic heterocycles. The Kier molecular flexibility index (Phi) is 5.69. The standard InChI is InChI=1S/C21H23ClN4O2S/c1-13(2)16-12-19(28)26-21(23-16)29-20(24-26)17-8-5-11-25(17)18(27)10-9-14-6-3-4-7-15(14)22/h3-4,6-7,12-13,17H,5,8-11H2,1-2H3/t17-/m1/s1. The zero-order chi connectivity index (χ0) is 20.5. The molecule has 6 nitrogen and oxygen atoms in total. The van der Waals surface area contributed by atoms with Crippen molar-refractivity contribution in [2.75, 3.05) is 6.54 Å². The maximum Gasteiger partial charge on any atom is 0.275 e. The smallest absolute Gasteiger partial charge is 0.275 e. The van der Waals surface area contributed by atoms with Crippen LogP contribution in [0.15, 0.2) is 35.1 Å². The highest BCUT2D eigenvalue weighted by Gasteiger charge is 2.32. The van der Waals surface area contributed by atoms with Gasteiger partial charge in [-0.3, -0.25) is 9.59 Å². The van der Waals surface area contributed by atoms with Crippen molar-refractivity contribution in [3.05, 3.63) is 62.0 Å². The highest BCUT2D eigenvalue weighted by atomic mass is 35.5. The van der Waals surface area contributed by atoms with Crippen LogP contribution in [-0.2, 0) is 11.2 Å². The van der Waals surface area contributed by atoms with Gasteiger partial charge in [0.1, 0.15) is 5.01 Å². The third-order valence-electron chi connectivity index (χ3n) is 5.30. The van der Waals surface area contributed by atoms with Crippen LogP contribution in [0.3, 0.4) is 0 Å². The summed E-state index contributed by atoms with van der Waals surface area (Å²) in [5.74, 6) is 0.266. The molecule has 0 saturated carbocycles. The van der Waals surface area contributed by atoms with E-state index in [0.29, 0.717) is 29.4 Å². The van der Waals surface area contributed by atoms with Crippen molar-refractivity contribution in [1.29, 1.82) is 0 Å². The number of carbonyl (C=O) groups excluding carboxylic acids is 1. The Labute approximate surface area is 178 Å². The molecule has 1 saturated heterocycles. The van der Waals surface area contributed by atoms with E-state index >= 15 is 0 Å². The van der Waals surface area contributed by atoms with Gasteiger partial charge in [0.05, 0.1) is 11.7 Å². The lowest BCUT2D eigenvalue weighted by Gasteiger charge is -2.22. The van der Waals surface area contributed by atoms with Gasteiger partial charge in [-0.2, -0.15) is 9.61 Å². The number of carbonyl (C=O) groups is 1. The average molecular weight is 431 g/mol. The van der Waals surface area contributed by atoms with Crippen LogP contribution in [0.4, 0.5) is 0 Å². The second-order valence-electron chi connectivity index (χ2n) is 7.65. The van der Waals surface area contributed by atoms with Crippen LogP contribution in [-0.4, -0.2) is 31.9 Å². The highest BCUT2D eigenvalue weighted by Crippen LogP contribution is 2.34. The Bertz CT molecular complexity index is 1110. The summed E-state index contributed by atoms with van der Waals surface area (Å²) < 4.78 is 1.36. The van der Waals surface area contributed by atoms with E-state index in [0.717, 1.165) is 29.1 Å². The summed E-state index contributed by atoms with van der Waals surface area (Å²) in [5, 5.41) is 5.97. The molecule has 152 valence electrons. The predicted molar refractivity (Wildman–Crippen MR) is 115 cm³/mol. The largest absolute Gasteiger partial charge is 0.333 e. The number of aromatic nitrogens is 3. The lowest BCUT2D eigenvalue weighted by molar-refractivity contribution is -0.132. The molecule has 2 aromatic heterocycles. The number of aryl methyl sites for hydroxylation is 1. The second kappa shape index (κ2) is 8.24. The highest BCUT2D eigenvalue weighted by molar-refractivity contribution is 7.16. The number of rotatable bonds is 5. The third-order valence-corrected chi connectivity index (χ3v) is 6.67. The predicted octanol–water partition coefficient (Wildman–Crippen LogP) is 4.22. The summed E-state index contributed by atoms with van der Waals surface area (Å²) in [6, 6.07) is 9.07. The lowest BCUT2D eigenvalue weighted by atomic mass is 10.1. The van der Waals surface area contributed by atoms with E-state index in [9.17, 15) is 9.59 Å².